The third kappa shape index (κ3) is 4.83. The standard InChI is InChI=1S/C21H29N5O/c1-3-18(19-22-12-7-13-23-19)25-20(27)24-16-21(10-14-26(2)15-11-21)17-8-5-4-6-9-17/h4-9,12-13,18H,3,10-11,14-16H2,1-2H3,(H2,24,25,27). The molecule has 1 aromatic heterocycles. The summed E-state index contributed by atoms with van der Waals surface area (Å²) in [6, 6.07) is 12.0. The predicted molar refractivity (Wildman–Crippen MR) is 106 cm³/mol. The molecule has 0 bridgehead atoms. The Kier molecular flexibility index (Phi) is 6.40. The molecular formula is C21H29N5O. The van der Waals surface area contributed by atoms with Crippen LogP contribution in [0.4, 0.5) is 4.79 Å². The zero-order valence-electron chi connectivity index (χ0n) is 16.2. The van der Waals surface area contributed by atoms with E-state index in [9.17, 15) is 4.79 Å². The molecule has 6 heteroatoms. The minimum atomic E-state index is -0.184. The number of piperidine rings is 1. The first-order chi connectivity index (χ1) is 13.1. The largest absolute Gasteiger partial charge is 0.337 e. The zero-order chi connectivity index (χ0) is 19.1. The van der Waals surface area contributed by atoms with Gasteiger partial charge in [0.25, 0.3) is 0 Å². The smallest absolute Gasteiger partial charge is 0.315 e. The quantitative estimate of drug-likeness (QED) is 0.824. The summed E-state index contributed by atoms with van der Waals surface area (Å²) in [4.78, 5) is 23.5. The first-order valence-electron chi connectivity index (χ1n) is 9.68. The minimum absolute atomic E-state index is 0.0178. The van der Waals surface area contributed by atoms with Gasteiger partial charge in [0.15, 0.2) is 5.82 Å². The van der Waals surface area contributed by atoms with Crippen LogP contribution in [-0.4, -0.2) is 47.6 Å². The van der Waals surface area contributed by atoms with Gasteiger partial charge in [-0.2, -0.15) is 0 Å². The average molecular weight is 367 g/mol. The number of hydrogen-bond acceptors (Lipinski definition) is 4. The maximum Gasteiger partial charge on any atom is 0.315 e. The molecule has 3 rings (SSSR count). The number of urea groups is 1. The van der Waals surface area contributed by atoms with E-state index in [4.69, 9.17) is 0 Å². The van der Waals surface area contributed by atoms with E-state index in [-0.39, 0.29) is 17.5 Å². The molecule has 1 aliphatic rings. The maximum atomic E-state index is 12.6. The van der Waals surface area contributed by atoms with Crippen LogP contribution in [0.3, 0.4) is 0 Å². The lowest BCUT2D eigenvalue weighted by Gasteiger charge is -2.41. The number of rotatable bonds is 6. The molecule has 1 fully saturated rings. The first kappa shape index (κ1) is 19.3. The number of aromatic nitrogens is 2. The highest BCUT2D eigenvalue weighted by Gasteiger charge is 2.35. The molecule has 6 nitrogen and oxygen atoms in total. The monoisotopic (exact) mass is 367 g/mol. The van der Waals surface area contributed by atoms with E-state index in [1.807, 2.05) is 13.0 Å². The van der Waals surface area contributed by atoms with Crippen LogP contribution in [0.15, 0.2) is 48.8 Å². The van der Waals surface area contributed by atoms with Crippen molar-refractivity contribution in [3.63, 3.8) is 0 Å². The highest BCUT2D eigenvalue weighted by molar-refractivity contribution is 5.74. The molecule has 0 radical (unpaired) electrons. The zero-order valence-corrected chi connectivity index (χ0v) is 16.2. The normalized spacial score (nSPS) is 17.9. The Hall–Kier alpha value is -2.47. The van der Waals surface area contributed by atoms with Crippen LogP contribution in [0.5, 0.6) is 0 Å². The van der Waals surface area contributed by atoms with Gasteiger partial charge in [-0.05, 0) is 51.0 Å². The Bertz CT molecular complexity index is 714. The summed E-state index contributed by atoms with van der Waals surface area (Å²) >= 11 is 0. The van der Waals surface area contributed by atoms with Crippen molar-refractivity contribution in [3.05, 3.63) is 60.2 Å². The molecule has 27 heavy (non-hydrogen) atoms. The first-order valence-corrected chi connectivity index (χ1v) is 9.68. The number of amides is 2. The molecule has 0 saturated carbocycles. The van der Waals surface area contributed by atoms with Gasteiger partial charge in [0.1, 0.15) is 0 Å². The van der Waals surface area contributed by atoms with Crippen LogP contribution in [0, 0.1) is 0 Å². The summed E-state index contributed by atoms with van der Waals surface area (Å²) in [5.41, 5.74) is 1.28. The number of carbonyl (C=O) groups is 1. The van der Waals surface area contributed by atoms with Crippen molar-refractivity contribution in [2.45, 2.75) is 37.6 Å². The molecular weight excluding hydrogens is 338 g/mol. The molecule has 1 aromatic carbocycles. The lowest BCUT2D eigenvalue weighted by Crippen LogP contribution is -2.50. The van der Waals surface area contributed by atoms with E-state index in [1.54, 1.807) is 18.5 Å². The number of carbonyl (C=O) groups excluding carboxylic acids is 1. The highest BCUT2D eigenvalue weighted by atomic mass is 16.2. The van der Waals surface area contributed by atoms with Crippen molar-refractivity contribution in [2.75, 3.05) is 26.7 Å². The van der Waals surface area contributed by atoms with Crippen LogP contribution in [0.2, 0.25) is 0 Å². The van der Waals surface area contributed by atoms with Crippen molar-refractivity contribution in [1.82, 2.24) is 25.5 Å². The molecule has 2 aromatic rings. The van der Waals surface area contributed by atoms with Crippen LogP contribution >= 0.6 is 0 Å². The molecule has 1 atom stereocenters. The topological polar surface area (TPSA) is 70.2 Å². The van der Waals surface area contributed by atoms with Gasteiger partial charge in [-0.25, -0.2) is 14.8 Å². The summed E-state index contributed by atoms with van der Waals surface area (Å²) in [5, 5.41) is 6.13. The SMILES string of the molecule is CCC(NC(=O)NCC1(c2ccccc2)CCN(C)CC1)c1ncccn1. The van der Waals surface area contributed by atoms with E-state index in [0.717, 1.165) is 32.4 Å². The van der Waals surface area contributed by atoms with Gasteiger partial charge in [-0.15, -0.1) is 0 Å². The Morgan fingerprint density at radius 1 is 1.15 bits per heavy atom. The predicted octanol–water partition coefficient (Wildman–Crippen LogP) is 2.89. The molecule has 1 unspecified atom stereocenters. The molecule has 0 aliphatic carbocycles. The fourth-order valence-corrected chi connectivity index (χ4v) is 3.70. The van der Waals surface area contributed by atoms with Gasteiger partial charge < -0.3 is 15.5 Å². The lowest BCUT2D eigenvalue weighted by atomic mass is 9.72. The Labute approximate surface area is 161 Å². The van der Waals surface area contributed by atoms with E-state index in [1.165, 1.54) is 5.56 Å². The van der Waals surface area contributed by atoms with Crippen LogP contribution in [-0.2, 0) is 5.41 Å². The summed E-state index contributed by atoms with van der Waals surface area (Å²) < 4.78 is 0. The summed E-state index contributed by atoms with van der Waals surface area (Å²) in [6.45, 7) is 4.72. The van der Waals surface area contributed by atoms with E-state index in [0.29, 0.717) is 12.4 Å². The van der Waals surface area contributed by atoms with Crippen LogP contribution in [0.1, 0.15) is 43.6 Å². The van der Waals surface area contributed by atoms with E-state index < -0.39 is 0 Å². The Balaban J connectivity index is 1.66. The third-order valence-electron chi connectivity index (χ3n) is 5.53. The fraction of sp³-hybridized carbons (Fsp3) is 0.476. The molecule has 1 aliphatic heterocycles. The summed E-state index contributed by atoms with van der Waals surface area (Å²) in [6.07, 6.45) is 6.21. The fourth-order valence-electron chi connectivity index (χ4n) is 3.70. The van der Waals surface area contributed by atoms with Crippen molar-refractivity contribution in [1.29, 1.82) is 0 Å². The highest BCUT2D eigenvalue weighted by Crippen LogP contribution is 2.34. The average Bonchev–Trinajstić information content (AvgIpc) is 2.73. The number of nitrogens with one attached hydrogen (secondary N) is 2. The third-order valence-corrected chi connectivity index (χ3v) is 5.53. The minimum Gasteiger partial charge on any atom is -0.337 e. The molecule has 2 N–H and O–H groups in total. The lowest BCUT2D eigenvalue weighted by molar-refractivity contribution is 0.181. The summed E-state index contributed by atoms with van der Waals surface area (Å²) in [7, 11) is 2.15. The van der Waals surface area contributed by atoms with Gasteiger partial charge in [0.2, 0.25) is 0 Å². The molecule has 0 spiro atoms. The van der Waals surface area contributed by atoms with Crippen molar-refractivity contribution in [2.24, 2.45) is 0 Å². The second-order valence-electron chi connectivity index (χ2n) is 7.34. The van der Waals surface area contributed by atoms with E-state index >= 15 is 0 Å². The number of likely N-dealkylation sites (tertiary alicyclic amines) is 1. The van der Waals surface area contributed by atoms with Crippen LogP contribution in [0.25, 0.3) is 0 Å². The van der Waals surface area contributed by atoms with Gasteiger partial charge in [0, 0.05) is 24.4 Å². The van der Waals surface area contributed by atoms with Crippen molar-refractivity contribution in [3.8, 4) is 0 Å². The summed E-state index contributed by atoms with van der Waals surface area (Å²) in [5.74, 6) is 0.646. The Morgan fingerprint density at radius 2 is 1.81 bits per heavy atom. The Morgan fingerprint density at radius 3 is 2.44 bits per heavy atom. The van der Waals surface area contributed by atoms with Gasteiger partial charge >= 0.3 is 6.03 Å². The molecule has 1 saturated heterocycles. The van der Waals surface area contributed by atoms with Crippen molar-refractivity contribution >= 4 is 6.03 Å². The number of benzene rings is 1. The molecule has 144 valence electrons. The van der Waals surface area contributed by atoms with Gasteiger partial charge in [-0.3, -0.25) is 0 Å². The number of hydrogen-bond donors (Lipinski definition) is 2. The second kappa shape index (κ2) is 8.95. The second-order valence-corrected chi connectivity index (χ2v) is 7.34. The van der Waals surface area contributed by atoms with Gasteiger partial charge in [0.05, 0.1) is 6.04 Å². The van der Waals surface area contributed by atoms with Crippen LogP contribution < -0.4 is 10.6 Å². The van der Waals surface area contributed by atoms with E-state index in [2.05, 4.69) is 56.8 Å². The molecule has 2 amide bonds. The van der Waals surface area contributed by atoms with Crippen molar-refractivity contribution < 1.29 is 4.79 Å². The maximum absolute atomic E-state index is 12.6. The number of nitrogens with zero attached hydrogens (tertiary/aromatic N) is 3. The molecule has 2 heterocycles. The van der Waals surface area contributed by atoms with Gasteiger partial charge in [-0.1, -0.05) is 37.3 Å².